The Labute approximate surface area is 137 Å². The van der Waals surface area contributed by atoms with E-state index in [-0.39, 0.29) is 6.04 Å². The summed E-state index contributed by atoms with van der Waals surface area (Å²) in [7, 11) is 2.14. The number of likely N-dealkylation sites (N-methyl/N-ethyl adjacent to an activating group) is 1. The predicted octanol–water partition coefficient (Wildman–Crippen LogP) is 1.98. The number of rotatable bonds is 4. The quantitative estimate of drug-likeness (QED) is 0.899. The largest absolute Gasteiger partial charge is 0.368 e. The maximum absolute atomic E-state index is 5.91. The molecule has 23 heavy (non-hydrogen) atoms. The zero-order valence-corrected chi connectivity index (χ0v) is 13.7. The number of nitrogens with two attached hydrogens (primary N) is 1. The van der Waals surface area contributed by atoms with Gasteiger partial charge in [-0.05, 0) is 19.5 Å². The van der Waals surface area contributed by atoms with Crippen LogP contribution in [0.5, 0.6) is 0 Å². The summed E-state index contributed by atoms with van der Waals surface area (Å²) in [4.78, 5) is 13.3. The zero-order valence-electron chi connectivity index (χ0n) is 13.7. The number of anilines is 3. The summed E-state index contributed by atoms with van der Waals surface area (Å²) in [5.74, 6) is 1.97. The van der Waals surface area contributed by atoms with E-state index in [9.17, 15) is 0 Å². The SMILES string of the molecule is CC(Nc1cc(N2CCN(C)CC2)nc(N)n1)c1ccccc1. The van der Waals surface area contributed by atoms with Gasteiger partial charge in [-0.1, -0.05) is 30.3 Å². The summed E-state index contributed by atoms with van der Waals surface area (Å²) in [6.45, 7) is 6.10. The third kappa shape index (κ3) is 3.90. The second-order valence-corrected chi connectivity index (χ2v) is 6.04. The van der Waals surface area contributed by atoms with E-state index in [1.165, 1.54) is 5.56 Å². The smallest absolute Gasteiger partial charge is 0.223 e. The fourth-order valence-electron chi connectivity index (χ4n) is 2.77. The molecule has 1 aromatic heterocycles. The van der Waals surface area contributed by atoms with Gasteiger partial charge in [0.1, 0.15) is 11.6 Å². The summed E-state index contributed by atoms with van der Waals surface area (Å²) >= 11 is 0. The summed E-state index contributed by atoms with van der Waals surface area (Å²) in [6.07, 6.45) is 0. The molecule has 2 heterocycles. The van der Waals surface area contributed by atoms with Crippen LogP contribution in [0.25, 0.3) is 0 Å². The van der Waals surface area contributed by atoms with Gasteiger partial charge >= 0.3 is 0 Å². The first-order valence-corrected chi connectivity index (χ1v) is 8.01. The molecule has 0 bridgehead atoms. The fraction of sp³-hybridized carbons (Fsp3) is 0.412. The Morgan fingerprint density at radius 2 is 1.78 bits per heavy atom. The van der Waals surface area contributed by atoms with E-state index >= 15 is 0 Å². The number of benzene rings is 1. The van der Waals surface area contributed by atoms with Crippen LogP contribution < -0.4 is 16.0 Å². The highest BCUT2D eigenvalue weighted by molar-refractivity contribution is 5.53. The molecule has 1 unspecified atom stereocenters. The van der Waals surface area contributed by atoms with Crippen molar-refractivity contribution in [1.82, 2.24) is 14.9 Å². The third-order valence-corrected chi connectivity index (χ3v) is 4.22. The molecule has 0 spiro atoms. The van der Waals surface area contributed by atoms with Crippen molar-refractivity contribution >= 4 is 17.6 Å². The number of aromatic nitrogens is 2. The lowest BCUT2D eigenvalue weighted by Gasteiger charge is -2.33. The van der Waals surface area contributed by atoms with Gasteiger partial charge < -0.3 is 20.9 Å². The van der Waals surface area contributed by atoms with Gasteiger partial charge in [0.25, 0.3) is 0 Å². The zero-order chi connectivity index (χ0) is 16.2. The van der Waals surface area contributed by atoms with E-state index in [2.05, 4.69) is 51.2 Å². The molecule has 1 fully saturated rings. The minimum atomic E-state index is 0.158. The van der Waals surface area contributed by atoms with Gasteiger partial charge in [0, 0.05) is 38.3 Å². The van der Waals surface area contributed by atoms with Crippen LogP contribution in [0.15, 0.2) is 36.4 Å². The van der Waals surface area contributed by atoms with Gasteiger partial charge in [0.05, 0.1) is 0 Å². The van der Waals surface area contributed by atoms with Crippen LogP contribution in [0.1, 0.15) is 18.5 Å². The molecule has 3 N–H and O–H groups in total. The van der Waals surface area contributed by atoms with Crippen molar-refractivity contribution in [1.29, 1.82) is 0 Å². The third-order valence-electron chi connectivity index (χ3n) is 4.22. The molecular weight excluding hydrogens is 288 g/mol. The number of hydrogen-bond donors (Lipinski definition) is 2. The van der Waals surface area contributed by atoms with E-state index in [1.54, 1.807) is 0 Å². The van der Waals surface area contributed by atoms with Gasteiger partial charge in [-0.2, -0.15) is 9.97 Å². The summed E-state index contributed by atoms with van der Waals surface area (Å²) < 4.78 is 0. The van der Waals surface area contributed by atoms with Crippen molar-refractivity contribution in [3.8, 4) is 0 Å². The van der Waals surface area contributed by atoms with E-state index < -0.39 is 0 Å². The topological polar surface area (TPSA) is 70.3 Å². The Kier molecular flexibility index (Phi) is 4.62. The van der Waals surface area contributed by atoms with Gasteiger partial charge in [-0.3, -0.25) is 0 Å². The standard InChI is InChI=1S/C17H24N6/c1-13(14-6-4-3-5-7-14)19-15-12-16(21-17(18)20-15)23-10-8-22(2)9-11-23/h3-7,12-13H,8-11H2,1-2H3,(H3,18,19,20,21). The van der Waals surface area contributed by atoms with Crippen molar-refractivity contribution in [3.63, 3.8) is 0 Å². The molecule has 1 atom stereocenters. The lowest BCUT2D eigenvalue weighted by atomic mass is 10.1. The molecule has 0 amide bonds. The Balaban J connectivity index is 1.75. The Hall–Kier alpha value is -2.34. The Morgan fingerprint density at radius 1 is 1.09 bits per heavy atom. The van der Waals surface area contributed by atoms with E-state index in [0.717, 1.165) is 37.8 Å². The number of nitrogen functional groups attached to an aromatic ring is 1. The van der Waals surface area contributed by atoms with Crippen LogP contribution in [-0.2, 0) is 0 Å². The van der Waals surface area contributed by atoms with E-state index in [0.29, 0.717) is 5.95 Å². The van der Waals surface area contributed by atoms with Gasteiger partial charge in [-0.25, -0.2) is 0 Å². The molecule has 1 aromatic carbocycles. The Bertz CT molecular complexity index is 637. The Morgan fingerprint density at radius 3 is 2.48 bits per heavy atom. The monoisotopic (exact) mass is 312 g/mol. The first-order valence-electron chi connectivity index (χ1n) is 8.01. The second-order valence-electron chi connectivity index (χ2n) is 6.04. The van der Waals surface area contributed by atoms with Crippen molar-refractivity contribution in [2.24, 2.45) is 0 Å². The molecule has 0 aliphatic carbocycles. The van der Waals surface area contributed by atoms with Crippen LogP contribution in [-0.4, -0.2) is 48.1 Å². The van der Waals surface area contributed by atoms with Crippen LogP contribution in [0, 0.1) is 0 Å². The molecule has 2 aromatic rings. The van der Waals surface area contributed by atoms with Crippen molar-refractivity contribution in [3.05, 3.63) is 42.0 Å². The highest BCUT2D eigenvalue weighted by atomic mass is 15.3. The summed E-state index contributed by atoms with van der Waals surface area (Å²) in [5, 5.41) is 3.42. The van der Waals surface area contributed by atoms with Crippen LogP contribution in [0.4, 0.5) is 17.6 Å². The fourth-order valence-corrected chi connectivity index (χ4v) is 2.77. The summed E-state index contributed by atoms with van der Waals surface area (Å²) in [5.41, 5.74) is 7.12. The van der Waals surface area contributed by atoms with Crippen molar-refractivity contribution < 1.29 is 0 Å². The van der Waals surface area contributed by atoms with Gasteiger partial charge in [0.15, 0.2) is 0 Å². The molecular formula is C17H24N6. The van der Waals surface area contributed by atoms with E-state index in [4.69, 9.17) is 5.73 Å². The van der Waals surface area contributed by atoms with E-state index in [1.807, 2.05) is 24.3 Å². The number of nitrogens with one attached hydrogen (secondary N) is 1. The minimum absolute atomic E-state index is 0.158. The highest BCUT2D eigenvalue weighted by Crippen LogP contribution is 2.22. The average Bonchev–Trinajstić information content (AvgIpc) is 2.56. The van der Waals surface area contributed by atoms with Crippen LogP contribution in [0.2, 0.25) is 0 Å². The number of piperazine rings is 1. The molecule has 6 nitrogen and oxygen atoms in total. The normalized spacial score (nSPS) is 17.0. The molecule has 1 saturated heterocycles. The average molecular weight is 312 g/mol. The van der Waals surface area contributed by atoms with Crippen LogP contribution in [0.3, 0.4) is 0 Å². The van der Waals surface area contributed by atoms with Crippen LogP contribution >= 0.6 is 0 Å². The summed E-state index contributed by atoms with van der Waals surface area (Å²) in [6, 6.07) is 12.4. The molecule has 1 aliphatic rings. The number of nitrogens with zero attached hydrogens (tertiary/aromatic N) is 4. The molecule has 0 saturated carbocycles. The van der Waals surface area contributed by atoms with Crippen molar-refractivity contribution in [2.45, 2.75) is 13.0 Å². The highest BCUT2D eigenvalue weighted by Gasteiger charge is 2.17. The molecule has 6 heteroatoms. The maximum Gasteiger partial charge on any atom is 0.223 e. The first kappa shape index (κ1) is 15.6. The van der Waals surface area contributed by atoms with Gasteiger partial charge in [-0.15, -0.1) is 0 Å². The maximum atomic E-state index is 5.91. The lowest BCUT2D eigenvalue weighted by Crippen LogP contribution is -2.44. The molecule has 3 rings (SSSR count). The first-order chi connectivity index (χ1) is 11.1. The molecule has 122 valence electrons. The minimum Gasteiger partial charge on any atom is -0.368 e. The van der Waals surface area contributed by atoms with Gasteiger partial charge in [0.2, 0.25) is 5.95 Å². The predicted molar refractivity (Wildman–Crippen MR) is 94.6 cm³/mol. The van der Waals surface area contributed by atoms with Crippen molar-refractivity contribution in [2.75, 3.05) is 49.2 Å². The lowest BCUT2D eigenvalue weighted by molar-refractivity contribution is 0.312. The molecule has 1 aliphatic heterocycles. The number of hydrogen-bond acceptors (Lipinski definition) is 6. The second kappa shape index (κ2) is 6.83. The molecule has 0 radical (unpaired) electrons.